The molecule has 0 aliphatic heterocycles. The molecule has 2 aromatic rings. The Kier molecular flexibility index (Phi) is 5.24. The van der Waals surface area contributed by atoms with Gasteiger partial charge in [0.05, 0.1) is 43.2 Å². The van der Waals surface area contributed by atoms with Gasteiger partial charge in [-0.3, -0.25) is 4.68 Å². The highest BCUT2D eigenvalue weighted by molar-refractivity contribution is 9.10. The number of aromatic nitrogens is 2. The monoisotopic (exact) mass is 395 g/mol. The van der Waals surface area contributed by atoms with Crippen LogP contribution in [0.5, 0.6) is 0 Å². The van der Waals surface area contributed by atoms with Gasteiger partial charge in [0.1, 0.15) is 0 Å². The van der Waals surface area contributed by atoms with Crippen LogP contribution in [-0.2, 0) is 13.1 Å². The van der Waals surface area contributed by atoms with E-state index in [2.05, 4.69) is 33.3 Å². The molecular formula is C13H13BrCl3N3. The van der Waals surface area contributed by atoms with E-state index in [0.717, 1.165) is 28.1 Å². The molecule has 0 aliphatic rings. The summed E-state index contributed by atoms with van der Waals surface area (Å²) in [4.78, 5) is 0. The van der Waals surface area contributed by atoms with Gasteiger partial charge in [-0.2, -0.15) is 5.10 Å². The molecule has 1 heterocycles. The van der Waals surface area contributed by atoms with Gasteiger partial charge >= 0.3 is 0 Å². The third kappa shape index (κ3) is 3.25. The van der Waals surface area contributed by atoms with Gasteiger partial charge in [0, 0.05) is 6.54 Å². The first-order valence-electron chi connectivity index (χ1n) is 6.04. The van der Waals surface area contributed by atoms with Crippen LogP contribution in [0, 0.1) is 6.92 Å². The van der Waals surface area contributed by atoms with E-state index < -0.39 is 0 Å². The number of rotatable bonds is 4. The molecule has 0 radical (unpaired) electrons. The summed E-state index contributed by atoms with van der Waals surface area (Å²) in [5, 5.41) is 9.15. The molecule has 20 heavy (non-hydrogen) atoms. The van der Waals surface area contributed by atoms with E-state index in [1.54, 1.807) is 12.1 Å². The molecule has 0 fully saturated rings. The Morgan fingerprint density at radius 1 is 1.20 bits per heavy atom. The number of nitrogens with zero attached hydrogens (tertiary/aromatic N) is 2. The molecule has 7 heteroatoms. The van der Waals surface area contributed by atoms with Crippen molar-refractivity contribution in [3.63, 3.8) is 0 Å². The van der Waals surface area contributed by atoms with Gasteiger partial charge in [-0.05, 0) is 41.9 Å². The molecule has 1 aromatic carbocycles. The molecule has 3 nitrogen and oxygen atoms in total. The highest BCUT2D eigenvalue weighted by atomic mass is 79.9. The molecular weight excluding hydrogens is 384 g/mol. The molecule has 0 bridgehead atoms. The van der Waals surface area contributed by atoms with Crippen molar-refractivity contribution >= 4 is 56.4 Å². The molecule has 0 aliphatic carbocycles. The zero-order valence-corrected chi connectivity index (χ0v) is 14.8. The minimum atomic E-state index is 0.442. The van der Waals surface area contributed by atoms with Crippen LogP contribution in [0.4, 0.5) is 5.69 Å². The molecule has 2 rings (SSSR count). The van der Waals surface area contributed by atoms with E-state index in [1.807, 2.05) is 11.6 Å². The average Bonchev–Trinajstić information content (AvgIpc) is 2.68. The first-order chi connectivity index (χ1) is 9.43. The summed E-state index contributed by atoms with van der Waals surface area (Å²) < 4.78 is 2.95. The lowest BCUT2D eigenvalue weighted by atomic mass is 10.3. The topological polar surface area (TPSA) is 29.9 Å². The maximum atomic E-state index is 6.15. The fraction of sp³-hybridized carbons (Fsp3) is 0.308. The third-order valence-electron chi connectivity index (χ3n) is 2.91. The van der Waals surface area contributed by atoms with Crippen LogP contribution in [0.3, 0.4) is 0 Å². The SMILES string of the molecule is CCn1nc(C)c(Br)c1CNc1cc(Cl)c(Cl)cc1Cl. The highest BCUT2D eigenvalue weighted by Crippen LogP contribution is 2.33. The smallest absolute Gasteiger partial charge is 0.0739 e. The van der Waals surface area contributed by atoms with Crippen LogP contribution in [0.25, 0.3) is 0 Å². The average molecular weight is 398 g/mol. The van der Waals surface area contributed by atoms with E-state index in [0.29, 0.717) is 21.6 Å². The summed E-state index contributed by atoms with van der Waals surface area (Å²) in [6.07, 6.45) is 0. The van der Waals surface area contributed by atoms with Crippen molar-refractivity contribution in [2.75, 3.05) is 5.32 Å². The molecule has 0 spiro atoms. The molecule has 0 amide bonds. The number of halogens is 4. The standard InChI is InChI=1S/C13H13BrCl3N3/c1-3-20-12(13(14)7(2)19-20)6-18-11-5-9(16)8(15)4-10(11)17/h4-5,18H,3,6H2,1-2H3. The first-order valence-corrected chi connectivity index (χ1v) is 7.97. The predicted octanol–water partition coefficient (Wildman–Crippen LogP) is 5.55. The van der Waals surface area contributed by atoms with Gasteiger partial charge in [-0.25, -0.2) is 0 Å². The molecule has 0 saturated carbocycles. The number of aryl methyl sites for hydroxylation is 2. The van der Waals surface area contributed by atoms with Crippen LogP contribution < -0.4 is 5.32 Å². The maximum Gasteiger partial charge on any atom is 0.0739 e. The lowest BCUT2D eigenvalue weighted by Crippen LogP contribution is -2.08. The number of benzene rings is 1. The van der Waals surface area contributed by atoms with Crippen LogP contribution in [0.15, 0.2) is 16.6 Å². The van der Waals surface area contributed by atoms with Gasteiger partial charge in [0.2, 0.25) is 0 Å². The minimum Gasteiger partial charge on any atom is -0.378 e. The number of hydrogen-bond acceptors (Lipinski definition) is 2. The molecule has 0 saturated heterocycles. The Hall–Kier alpha value is -0.420. The maximum absolute atomic E-state index is 6.15. The van der Waals surface area contributed by atoms with Crippen molar-refractivity contribution in [2.24, 2.45) is 0 Å². The highest BCUT2D eigenvalue weighted by Gasteiger charge is 2.13. The Morgan fingerprint density at radius 2 is 1.85 bits per heavy atom. The second kappa shape index (κ2) is 6.56. The summed E-state index contributed by atoms with van der Waals surface area (Å²) in [7, 11) is 0. The first kappa shape index (κ1) is 16.0. The van der Waals surface area contributed by atoms with E-state index >= 15 is 0 Å². The van der Waals surface area contributed by atoms with E-state index in [-0.39, 0.29) is 0 Å². The van der Waals surface area contributed by atoms with Crippen molar-refractivity contribution in [1.82, 2.24) is 9.78 Å². The predicted molar refractivity (Wildman–Crippen MR) is 89.1 cm³/mol. The fourth-order valence-electron chi connectivity index (χ4n) is 1.87. The number of hydrogen-bond donors (Lipinski definition) is 1. The Labute approximate surface area is 141 Å². The lowest BCUT2D eigenvalue weighted by Gasteiger charge is -2.11. The molecule has 0 atom stereocenters. The van der Waals surface area contributed by atoms with E-state index in [1.165, 1.54) is 0 Å². The van der Waals surface area contributed by atoms with Gasteiger partial charge in [-0.1, -0.05) is 34.8 Å². The van der Waals surface area contributed by atoms with Gasteiger partial charge in [0.15, 0.2) is 0 Å². The van der Waals surface area contributed by atoms with Crippen molar-refractivity contribution in [3.05, 3.63) is 43.1 Å². The summed E-state index contributed by atoms with van der Waals surface area (Å²) in [6, 6.07) is 3.35. The molecule has 1 aromatic heterocycles. The summed E-state index contributed by atoms with van der Waals surface area (Å²) in [5.41, 5.74) is 2.77. The van der Waals surface area contributed by atoms with Crippen LogP contribution in [0.2, 0.25) is 15.1 Å². The summed E-state index contributed by atoms with van der Waals surface area (Å²) >= 11 is 21.6. The fourth-order valence-corrected chi connectivity index (χ4v) is 2.91. The molecule has 1 N–H and O–H groups in total. The van der Waals surface area contributed by atoms with Crippen molar-refractivity contribution in [1.29, 1.82) is 0 Å². The number of anilines is 1. The molecule has 0 unspecified atom stereocenters. The van der Waals surface area contributed by atoms with Gasteiger partial charge in [0.25, 0.3) is 0 Å². The number of nitrogens with one attached hydrogen (secondary N) is 1. The Morgan fingerprint density at radius 3 is 2.50 bits per heavy atom. The zero-order valence-electron chi connectivity index (χ0n) is 11.0. The van der Waals surface area contributed by atoms with E-state index in [4.69, 9.17) is 34.8 Å². The normalized spacial score (nSPS) is 10.9. The third-order valence-corrected chi connectivity index (χ3v) is 4.98. The van der Waals surface area contributed by atoms with Gasteiger partial charge < -0.3 is 5.32 Å². The van der Waals surface area contributed by atoms with Crippen LogP contribution in [0.1, 0.15) is 18.3 Å². The van der Waals surface area contributed by atoms with Gasteiger partial charge in [-0.15, -0.1) is 0 Å². The van der Waals surface area contributed by atoms with Crippen molar-refractivity contribution in [3.8, 4) is 0 Å². The largest absolute Gasteiger partial charge is 0.378 e. The summed E-state index contributed by atoms with van der Waals surface area (Å²) in [5.74, 6) is 0. The molecule has 108 valence electrons. The summed E-state index contributed by atoms with van der Waals surface area (Å²) in [6.45, 7) is 5.41. The second-order valence-electron chi connectivity index (χ2n) is 4.26. The second-order valence-corrected chi connectivity index (χ2v) is 6.28. The Balaban J connectivity index is 2.23. The van der Waals surface area contributed by atoms with Crippen molar-refractivity contribution < 1.29 is 0 Å². The van der Waals surface area contributed by atoms with Crippen LogP contribution >= 0.6 is 50.7 Å². The Bertz CT molecular complexity index is 640. The van der Waals surface area contributed by atoms with Crippen LogP contribution in [-0.4, -0.2) is 9.78 Å². The van der Waals surface area contributed by atoms with Crippen molar-refractivity contribution in [2.45, 2.75) is 26.9 Å². The quantitative estimate of drug-likeness (QED) is 0.686. The van der Waals surface area contributed by atoms with E-state index in [9.17, 15) is 0 Å². The zero-order chi connectivity index (χ0) is 14.9. The minimum absolute atomic E-state index is 0.442. The lowest BCUT2D eigenvalue weighted by molar-refractivity contribution is 0.622.